The van der Waals surface area contributed by atoms with Crippen LogP contribution in [0.25, 0.3) is 0 Å². The Morgan fingerprint density at radius 1 is 1.14 bits per heavy atom. The maximum Gasteiger partial charge on any atom is 0.242 e. The molecule has 0 unspecified atom stereocenters. The first-order valence-electron chi connectivity index (χ1n) is 12.5. The monoisotopic (exact) mass is 483 g/mol. The number of likely N-dealkylation sites (tertiary alicyclic amines) is 1. The Labute approximate surface area is 207 Å². The van der Waals surface area contributed by atoms with E-state index >= 15 is 0 Å². The molecule has 0 aromatic heterocycles. The van der Waals surface area contributed by atoms with Crippen molar-refractivity contribution in [2.75, 3.05) is 20.2 Å². The zero-order valence-electron chi connectivity index (χ0n) is 21.2. The van der Waals surface area contributed by atoms with Crippen molar-refractivity contribution >= 4 is 23.6 Å². The summed E-state index contributed by atoms with van der Waals surface area (Å²) in [6.45, 7) is 6.67. The topological polar surface area (TPSA) is 96.0 Å². The molecule has 2 aliphatic rings. The number of carbonyl (C=O) groups excluding carboxylic acids is 4. The molecule has 1 aromatic rings. The van der Waals surface area contributed by atoms with Crippen molar-refractivity contribution in [1.29, 1.82) is 0 Å². The number of allylic oxidation sites excluding steroid dienone is 2. The summed E-state index contributed by atoms with van der Waals surface area (Å²) in [5.41, 5.74) is 0.832. The van der Waals surface area contributed by atoms with E-state index in [1.54, 1.807) is 12.0 Å². The van der Waals surface area contributed by atoms with Gasteiger partial charge < -0.3 is 15.0 Å². The molecule has 1 N–H and O–H groups in total. The number of hydrogen-bond acceptors (Lipinski definition) is 5. The molecular formula is C27H37N3O5. The molecule has 1 aromatic carbocycles. The Morgan fingerprint density at radius 2 is 1.80 bits per heavy atom. The maximum atomic E-state index is 13.5. The van der Waals surface area contributed by atoms with Gasteiger partial charge >= 0.3 is 0 Å². The van der Waals surface area contributed by atoms with Crippen molar-refractivity contribution in [1.82, 2.24) is 15.1 Å². The number of fused-ring (bicyclic) bond motifs is 1. The number of hydrogen-bond donors (Lipinski definition) is 1. The molecule has 1 saturated heterocycles. The van der Waals surface area contributed by atoms with E-state index in [2.05, 4.69) is 5.32 Å². The fraction of sp³-hybridized carbons (Fsp3) is 0.556. The smallest absolute Gasteiger partial charge is 0.242 e. The fourth-order valence-electron chi connectivity index (χ4n) is 4.75. The summed E-state index contributed by atoms with van der Waals surface area (Å²) in [4.78, 5) is 54.9. The lowest BCUT2D eigenvalue weighted by Gasteiger charge is -2.31. The van der Waals surface area contributed by atoms with Gasteiger partial charge in [-0.05, 0) is 42.9 Å². The van der Waals surface area contributed by atoms with E-state index < -0.39 is 6.04 Å². The minimum absolute atomic E-state index is 0.0255. The van der Waals surface area contributed by atoms with Crippen molar-refractivity contribution in [3.8, 4) is 5.75 Å². The number of nitrogens with one attached hydrogen (secondary N) is 1. The van der Waals surface area contributed by atoms with Gasteiger partial charge in [-0.25, -0.2) is 0 Å². The van der Waals surface area contributed by atoms with E-state index in [9.17, 15) is 19.2 Å². The van der Waals surface area contributed by atoms with Crippen LogP contribution in [0, 0.1) is 17.8 Å². The van der Waals surface area contributed by atoms with Crippen LogP contribution in [0.2, 0.25) is 0 Å². The van der Waals surface area contributed by atoms with Gasteiger partial charge in [0.15, 0.2) is 0 Å². The molecule has 1 heterocycles. The largest absolute Gasteiger partial charge is 0.497 e. The van der Waals surface area contributed by atoms with Crippen LogP contribution in [0.5, 0.6) is 5.75 Å². The number of ether oxygens (including phenoxy) is 1. The summed E-state index contributed by atoms with van der Waals surface area (Å²) in [6, 6.07) is 6.72. The number of nitrogens with zero attached hydrogens (tertiary/aromatic N) is 2. The lowest BCUT2D eigenvalue weighted by atomic mass is 9.85. The molecule has 0 saturated carbocycles. The highest BCUT2D eigenvalue weighted by atomic mass is 16.5. The number of imide groups is 1. The first-order chi connectivity index (χ1) is 16.8. The van der Waals surface area contributed by atoms with Gasteiger partial charge in [-0.2, -0.15) is 0 Å². The first kappa shape index (κ1) is 26.4. The Kier molecular flexibility index (Phi) is 9.07. The zero-order valence-corrected chi connectivity index (χ0v) is 21.2. The summed E-state index contributed by atoms with van der Waals surface area (Å²) in [5.74, 6) is -0.561. The average molecular weight is 484 g/mol. The highest BCUT2D eigenvalue weighted by Crippen LogP contribution is 2.35. The summed E-state index contributed by atoms with van der Waals surface area (Å²) < 4.78 is 5.31. The Balaban J connectivity index is 1.76. The molecule has 1 fully saturated rings. The molecule has 190 valence electrons. The Hall–Kier alpha value is -3.16. The number of carbonyl (C=O) groups is 4. The minimum Gasteiger partial charge on any atom is -0.497 e. The minimum atomic E-state index is -0.663. The molecule has 8 heteroatoms. The van der Waals surface area contributed by atoms with Crippen LogP contribution in [0.1, 0.15) is 52.0 Å². The van der Waals surface area contributed by atoms with Gasteiger partial charge in [0.2, 0.25) is 23.6 Å². The van der Waals surface area contributed by atoms with Gasteiger partial charge in [-0.3, -0.25) is 24.1 Å². The molecule has 35 heavy (non-hydrogen) atoms. The van der Waals surface area contributed by atoms with Crippen LogP contribution in [-0.2, 0) is 25.7 Å². The number of benzene rings is 1. The van der Waals surface area contributed by atoms with E-state index in [0.717, 1.165) is 5.56 Å². The molecule has 8 nitrogen and oxygen atoms in total. The van der Waals surface area contributed by atoms with Gasteiger partial charge in [0.25, 0.3) is 0 Å². The summed E-state index contributed by atoms with van der Waals surface area (Å²) >= 11 is 0. The van der Waals surface area contributed by atoms with Crippen molar-refractivity contribution in [3.63, 3.8) is 0 Å². The molecular weight excluding hydrogens is 446 g/mol. The number of methoxy groups -OCH3 is 1. The second-order valence-electron chi connectivity index (χ2n) is 9.67. The lowest BCUT2D eigenvalue weighted by Crippen LogP contribution is -2.50. The summed E-state index contributed by atoms with van der Waals surface area (Å²) in [5, 5.41) is 2.94. The average Bonchev–Trinajstić information content (AvgIpc) is 3.10. The molecule has 3 atom stereocenters. The van der Waals surface area contributed by atoms with E-state index in [1.165, 1.54) is 4.90 Å². The maximum absolute atomic E-state index is 13.5. The van der Waals surface area contributed by atoms with E-state index in [1.807, 2.05) is 57.2 Å². The van der Waals surface area contributed by atoms with Crippen LogP contribution >= 0.6 is 0 Å². The second-order valence-corrected chi connectivity index (χ2v) is 9.67. The third-order valence-corrected chi connectivity index (χ3v) is 6.71. The van der Waals surface area contributed by atoms with Gasteiger partial charge in [0.05, 0.1) is 18.9 Å². The first-order valence-corrected chi connectivity index (χ1v) is 12.5. The molecule has 0 radical (unpaired) electrons. The number of amides is 4. The summed E-state index contributed by atoms with van der Waals surface area (Å²) in [6.07, 6.45) is 5.43. The van der Waals surface area contributed by atoms with Gasteiger partial charge in [-0.1, -0.05) is 45.1 Å². The molecule has 0 bridgehead atoms. The predicted molar refractivity (Wildman–Crippen MR) is 132 cm³/mol. The van der Waals surface area contributed by atoms with E-state index in [0.29, 0.717) is 31.6 Å². The Morgan fingerprint density at radius 3 is 2.37 bits per heavy atom. The molecule has 1 aliphatic carbocycles. The Bertz CT molecular complexity index is 947. The third-order valence-electron chi connectivity index (χ3n) is 6.71. The van der Waals surface area contributed by atoms with Gasteiger partial charge in [-0.15, -0.1) is 0 Å². The third kappa shape index (κ3) is 6.29. The highest BCUT2D eigenvalue weighted by Gasteiger charge is 2.47. The van der Waals surface area contributed by atoms with Crippen LogP contribution in [0.4, 0.5) is 0 Å². The molecule has 3 rings (SSSR count). The summed E-state index contributed by atoms with van der Waals surface area (Å²) in [7, 11) is 1.58. The normalized spacial score (nSPS) is 20.1. The van der Waals surface area contributed by atoms with Crippen LogP contribution in [0.3, 0.4) is 0 Å². The van der Waals surface area contributed by atoms with Crippen LogP contribution in [-0.4, -0.2) is 59.7 Å². The lowest BCUT2D eigenvalue weighted by molar-refractivity contribution is -0.144. The molecule has 1 aliphatic heterocycles. The van der Waals surface area contributed by atoms with Gasteiger partial charge in [0.1, 0.15) is 11.8 Å². The highest BCUT2D eigenvalue weighted by molar-refractivity contribution is 6.05. The van der Waals surface area contributed by atoms with Crippen molar-refractivity contribution < 1.29 is 23.9 Å². The van der Waals surface area contributed by atoms with E-state index in [-0.39, 0.29) is 60.9 Å². The van der Waals surface area contributed by atoms with E-state index in [4.69, 9.17) is 4.74 Å². The fourth-order valence-corrected chi connectivity index (χ4v) is 4.75. The van der Waals surface area contributed by atoms with Crippen molar-refractivity contribution in [2.24, 2.45) is 17.8 Å². The SMILES string of the molecule is CC[C@H](C(=O)NCC(C)C)N(Cc1cccc(OC)c1)C(=O)CCN1C(=O)[C@H]2CC=CC[C@H]2C1=O. The van der Waals surface area contributed by atoms with Crippen molar-refractivity contribution in [2.45, 2.75) is 59.0 Å². The van der Waals surface area contributed by atoms with Crippen LogP contribution in [0.15, 0.2) is 36.4 Å². The van der Waals surface area contributed by atoms with Gasteiger partial charge in [0, 0.05) is 26.1 Å². The molecule has 4 amide bonds. The number of rotatable bonds is 11. The quantitative estimate of drug-likeness (QED) is 0.386. The van der Waals surface area contributed by atoms with Crippen LogP contribution < -0.4 is 10.1 Å². The standard InChI is InChI=1S/C27H37N3O5/c1-5-23(25(32)28-16-18(2)3)30(17-19-9-8-10-20(15-19)35-4)24(31)13-14-29-26(33)21-11-6-7-12-22(21)27(29)34/h6-10,15,18,21-23H,5,11-14,16-17H2,1-4H3,(H,28,32)/t21-,22+,23-/m1/s1. The molecule has 0 spiro atoms. The zero-order chi connectivity index (χ0) is 25.5. The van der Waals surface area contributed by atoms with Crippen molar-refractivity contribution in [3.05, 3.63) is 42.0 Å². The predicted octanol–water partition coefficient (Wildman–Crippen LogP) is 2.92. The second kappa shape index (κ2) is 12.0.